The van der Waals surface area contributed by atoms with E-state index in [1.54, 1.807) is 24.7 Å². The molecule has 0 fully saturated rings. The van der Waals surface area contributed by atoms with E-state index in [9.17, 15) is 9.36 Å². The normalized spacial score (nSPS) is 14.0. The lowest BCUT2D eigenvalue weighted by molar-refractivity contribution is -0.144. The SMILES string of the molecule is CCOC(=O)C(C)NP(=O)(COCCn1cnc2c(OC)nc(N)nc21)OCc1ccccc1. The number of imidazole rings is 1. The number of nitrogens with two attached hydrogens (primary N) is 1. The van der Waals surface area contributed by atoms with E-state index < -0.39 is 19.5 Å². The number of benzene rings is 1. The molecule has 0 saturated carbocycles. The summed E-state index contributed by atoms with van der Waals surface area (Å²) in [5.74, 6) is -0.191. The molecule has 12 nitrogen and oxygen atoms in total. The van der Waals surface area contributed by atoms with Crippen LogP contribution in [0.2, 0.25) is 0 Å². The minimum atomic E-state index is -3.56. The first-order valence-corrected chi connectivity index (χ1v) is 12.5. The molecular formula is C21H29N6O6P. The average molecular weight is 492 g/mol. The molecule has 2 heterocycles. The average Bonchev–Trinajstić information content (AvgIpc) is 3.23. The van der Waals surface area contributed by atoms with Crippen molar-refractivity contribution in [2.24, 2.45) is 0 Å². The van der Waals surface area contributed by atoms with Gasteiger partial charge in [0.2, 0.25) is 11.8 Å². The molecule has 3 rings (SSSR count). The summed E-state index contributed by atoms with van der Waals surface area (Å²) in [6.45, 7) is 4.09. The number of ether oxygens (including phenoxy) is 3. The number of nitrogen functional groups attached to an aromatic ring is 1. The Kier molecular flexibility index (Phi) is 8.94. The molecular weight excluding hydrogens is 463 g/mol. The first kappa shape index (κ1) is 25.6. The first-order chi connectivity index (χ1) is 16.3. The topological polar surface area (TPSA) is 153 Å². The van der Waals surface area contributed by atoms with Crippen LogP contribution in [0, 0.1) is 0 Å². The van der Waals surface area contributed by atoms with Crippen LogP contribution in [0.15, 0.2) is 36.7 Å². The van der Waals surface area contributed by atoms with E-state index in [4.69, 9.17) is 24.5 Å². The third-order valence-corrected chi connectivity index (χ3v) is 6.54. The third kappa shape index (κ3) is 6.73. The Hall–Kier alpha value is -3.05. The molecule has 0 aliphatic carbocycles. The highest BCUT2D eigenvalue weighted by atomic mass is 31.2. The number of rotatable bonds is 13. The summed E-state index contributed by atoms with van der Waals surface area (Å²) < 4.78 is 36.8. The summed E-state index contributed by atoms with van der Waals surface area (Å²) in [6, 6.07) is 8.46. The lowest BCUT2D eigenvalue weighted by Crippen LogP contribution is -2.34. The number of hydrogen-bond acceptors (Lipinski definition) is 10. The summed E-state index contributed by atoms with van der Waals surface area (Å²) in [7, 11) is -2.08. The molecule has 34 heavy (non-hydrogen) atoms. The van der Waals surface area contributed by atoms with Gasteiger partial charge in [0.15, 0.2) is 11.2 Å². The van der Waals surface area contributed by atoms with Gasteiger partial charge in [0.1, 0.15) is 12.4 Å². The van der Waals surface area contributed by atoms with E-state index in [1.165, 1.54) is 7.11 Å². The highest BCUT2D eigenvalue weighted by Gasteiger charge is 2.29. The van der Waals surface area contributed by atoms with Crippen molar-refractivity contribution >= 4 is 30.6 Å². The Morgan fingerprint density at radius 1 is 1.26 bits per heavy atom. The molecule has 0 aliphatic rings. The van der Waals surface area contributed by atoms with Crippen LogP contribution in [0.3, 0.4) is 0 Å². The zero-order valence-electron chi connectivity index (χ0n) is 19.3. The molecule has 3 aromatic rings. The summed E-state index contributed by atoms with van der Waals surface area (Å²) >= 11 is 0. The molecule has 2 aromatic heterocycles. The summed E-state index contributed by atoms with van der Waals surface area (Å²) in [4.78, 5) is 24.5. The molecule has 2 unspecified atom stereocenters. The lowest BCUT2D eigenvalue weighted by Gasteiger charge is -2.23. The number of esters is 1. The Labute approximate surface area is 197 Å². The molecule has 0 saturated heterocycles. The van der Waals surface area contributed by atoms with Gasteiger partial charge in [-0.15, -0.1) is 0 Å². The Morgan fingerprint density at radius 3 is 2.74 bits per heavy atom. The molecule has 3 N–H and O–H groups in total. The van der Waals surface area contributed by atoms with Crippen LogP contribution in [-0.4, -0.2) is 58.2 Å². The Balaban J connectivity index is 1.64. The van der Waals surface area contributed by atoms with Gasteiger partial charge in [-0.3, -0.25) is 9.36 Å². The number of carbonyl (C=O) groups is 1. The zero-order chi connectivity index (χ0) is 24.6. The van der Waals surface area contributed by atoms with Gasteiger partial charge in [0.05, 0.1) is 33.3 Å². The predicted molar refractivity (Wildman–Crippen MR) is 125 cm³/mol. The lowest BCUT2D eigenvalue weighted by atomic mass is 10.2. The fourth-order valence-electron chi connectivity index (χ4n) is 3.07. The molecule has 1 aromatic carbocycles. The molecule has 2 atom stereocenters. The maximum Gasteiger partial charge on any atom is 0.323 e. The van der Waals surface area contributed by atoms with Gasteiger partial charge < -0.3 is 29.0 Å². The quantitative estimate of drug-likeness (QED) is 0.205. The van der Waals surface area contributed by atoms with Crippen LogP contribution in [-0.2, 0) is 36.5 Å². The highest BCUT2D eigenvalue weighted by Crippen LogP contribution is 2.44. The minimum absolute atomic E-state index is 0.0583. The summed E-state index contributed by atoms with van der Waals surface area (Å²) in [5, 5.41) is 2.75. The predicted octanol–water partition coefficient (Wildman–Crippen LogP) is 2.34. The highest BCUT2D eigenvalue weighted by molar-refractivity contribution is 7.56. The maximum atomic E-state index is 13.5. The van der Waals surface area contributed by atoms with Crippen LogP contribution < -0.4 is 15.6 Å². The molecule has 0 amide bonds. The van der Waals surface area contributed by atoms with Gasteiger partial charge in [-0.1, -0.05) is 30.3 Å². The van der Waals surface area contributed by atoms with Gasteiger partial charge in [0.25, 0.3) is 7.52 Å². The number of hydrogen-bond donors (Lipinski definition) is 2. The molecule has 0 spiro atoms. The van der Waals surface area contributed by atoms with Gasteiger partial charge >= 0.3 is 5.97 Å². The number of nitrogens with zero attached hydrogens (tertiary/aromatic N) is 4. The number of carbonyl (C=O) groups excluding carboxylic acids is 1. The van der Waals surface area contributed by atoms with Crippen molar-refractivity contribution < 1.29 is 28.1 Å². The van der Waals surface area contributed by atoms with Gasteiger partial charge in [-0.05, 0) is 19.4 Å². The van der Waals surface area contributed by atoms with Crippen molar-refractivity contribution in [1.82, 2.24) is 24.6 Å². The van der Waals surface area contributed by atoms with Crippen molar-refractivity contribution in [3.05, 3.63) is 42.2 Å². The van der Waals surface area contributed by atoms with Crippen LogP contribution in [0.1, 0.15) is 19.4 Å². The smallest absolute Gasteiger partial charge is 0.323 e. The third-order valence-electron chi connectivity index (χ3n) is 4.69. The monoisotopic (exact) mass is 492 g/mol. The van der Waals surface area contributed by atoms with E-state index >= 15 is 0 Å². The Bertz CT molecular complexity index is 1140. The second kappa shape index (κ2) is 11.9. The number of nitrogens with one attached hydrogen (secondary N) is 1. The molecule has 13 heteroatoms. The number of fused-ring (bicyclic) bond motifs is 1. The zero-order valence-corrected chi connectivity index (χ0v) is 20.2. The number of aromatic nitrogens is 4. The van der Waals surface area contributed by atoms with Crippen molar-refractivity contribution in [1.29, 1.82) is 0 Å². The van der Waals surface area contributed by atoms with Crippen LogP contribution in [0.4, 0.5) is 5.95 Å². The van der Waals surface area contributed by atoms with E-state index in [0.717, 1.165) is 5.56 Å². The second-order valence-electron chi connectivity index (χ2n) is 7.27. The van der Waals surface area contributed by atoms with E-state index in [1.807, 2.05) is 30.3 Å². The van der Waals surface area contributed by atoms with Crippen molar-refractivity contribution in [3.63, 3.8) is 0 Å². The minimum Gasteiger partial charge on any atom is -0.479 e. The number of anilines is 1. The van der Waals surface area contributed by atoms with Gasteiger partial charge in [0, 0.05) is 6.54 Å². The fourth-order valence-corrected chi connectivity index (χ4v) is 4.71. The van der Waals surface area contributed by atoms with Gasteiger partial charge in [-0.2, -0.15) is 9.97 Å². The van der Waals surface area contributed by atoms with E-state index in [0.29, 0.717) is 17.7 Å². The largest absolute Gasteiger partial charge is 0.479 e. The fraction of sp³-hybridized carbons (Fsp3) is 0.429. The standard InChI is InChI=1S/C21H29N6O6P/c1-4-32-20(28)15(2)26-34(29,33-12-16-8-6-5-7-9-16)14-31-11-10-27-13-23-17-18(27)24-21(22)25-19(17)30-3/h5-9,13,15H,4,10-12,14H2,1-3H3,(H,26,29)(H2,22,24,25). The van der Waals surface area contributed by atoms with Crippen LogP contribution in [0.5, 0.6) is 5.88 Å². The molecule has 184 valence electrons. The van der Waals surface area contributed by atoms with E-state index in [2.05, 4.69) is 20.0 Å². The Morgan fingerprint density at radius 2 is 2.03 bits per heavy atom. The van der Waals surface area contributed by atoms with Crippen molar-refractivity contribution in [2.75, 3.05) is 32.4 Å². The van der Waals surface area contributed by atoms with Crippen molar-refractivity contribution in [2.45, 2.75) is 33.0 Å². The summed E-state index contributed by atoms with van der Waals surface area (Å²) in [6.07, 6.45) is 1.31. The van der Waals surface area contributed by atoms with Crippen LogP contribution in [0.25, 0.3) is 11.2 Å². The molecule has 0 bridgehead atoms. The van der Waals surface area contributed by atoms with Crippen LogP contribution >= 0.6 is 7.52 Å². The molecule has 0 aliphatic heterocycles. The van der Waals surface area contributed by atoms with Crippen molar-refractivity contribution in [3.8, 4) is 5.88 Å². The maximum absolute atomic E-state index is 13.5. The first-order valence-electron chi connectivity index (χ1n) is 10.7. The van der Waals surface area contributed by atoms with Gasteiger partial charge in [-0.25, -0.2) is 10.1 Å². The van der Waals surface area contributed by atoms with E-state index in [-0.39, 0.29) is 38.0 Å². The summed E-state index contributed by atoms with van der Waals surface area (Å²) in [5.41, 5.74) is 7.54. The second-order valence-corrected chi connectivity index (χ2v) is 9.40. The number of methoxy groups -OCH3 is 1. The molecule has 0 radical (unpaired) electrons.